The zero-order chi connectivity index (χ0) is 13.5. The maximum atomic E-state index is 11.9. The van der Waals surface area contributed by atoms with Crippen LogP contribution in [0.1, 0.15) is 65.7 Å². The molecule has 1 atom stereocenters. The van der Waals surface area contributed by atoms with Crippen LogP contribution in [-0.2, 0) is 4.79 Å². The van der Waals surface area contributed by atoms with E-state index in [9.17, 15) is 4.79 Å². The zero-order valence-corrected chi connectivity index (χ0v) is 12.2. The molecule has 0 bridgehead atoms. The fourth-order valence-corrected chi connectivity index (χ4v) is 2.83. The summed E-state index contributed by atoms with van der Waals surface area (Å²) in [5, 5.41) is 3.15. The van der Waals surface area contributed by atoms with Gasteiger partial charge in [0.25, 0.3) is 0 Å². The third-order valence-corrected chi connectivity index (χ3v) is 4.26. The van der Waals surface area contributed by atoms with Gasteiger partial charge in [-0.05, 0) is 50.4 Å². The number of nitrogens with two attached hydrogens (primary N) is 1. The summed E-state index contributed by atoms with van der Waals surface area (Å²) in [4.78, 5) is 11.9. The van der Waals surface area contributed by atoms with Gasteiger partial charge in [-0.2, -0.15) is 0 Å². The van der Waals surface area contributed by atoms with E-state index in [1.54, 1.807) is 0 Å². The monoisotopic (exact) mass is 254 g/mol. The summed E-state index contributed by atoms with van der Waals surface area (Å²) < 4.78 is 0. The van der Waals surface area contributed by atoms with E-state index in [0.717, 1.165) is 31.6 Å². The summed E-state index contributed by atoms with van der Waals surface area (Å²) in [7, 11) is 0. The van der Waals surface area contributed by atoms with Gasteiger partial charge in [-0.25, -0.2) is 0 Å². The highest BCUT2D eigenvalue weighted by atomic mass is 16.1. The van der Waals surface area contributed by atoms with Crippen LogP contribution in [0.3, 0.4) is 0 Å². The van der Waals surface area contributed by atoms with E-state index in [-0.39, 0.29) is 5.91 Å². The molecule has 0 aliphatic heterocycles. The molecule has 1 rings (SSSR count). The van der Waals surface area contributed by atoms with E-state index in [1.807, 2.05) is 0 Å². The van der Waals surface area contributed by atoms with E-state index in [2.05, 4.69) is 26.1 Å². The highest BCUT2D eigenvalue weighted by Crippen LogP contribution is 2.26. The number of nitrogens with one attached hydrogen (secondary N) is 1. The van der Waals surface area contributed by atoms with Crippen LogP contribution >= 0.6 is 0 Å². The molecule has 3 heteroatoms. The van der Waals surface area contributed by atoms with Crippen molar-refractivity contribution < 1.29 is 4.79 Å². The molecule has 3 N–H and O–H groups in total. The van der Waals surface area contributed by atoms with Crippen LogP contribution in [0.4, 0.5) is 0 Å². The molecule has 0 aromatic rings. The molecule has 1 aliphatic rings. The third kappa shape index (κ3) is 5.38. The van der Waals surface area contributed by atoms with Gasteiger partial charge in [0, 0.05) is 18.5 Å². The van der Waals surface area contributed by atoms with Crippen molar-refractivity contribution in [3.8, 4) is 0 Å². The predicted molar refractivity (Wildman–Crippen MR) is 76.2 cm³/mol. The fourth-order valence-electron chi connectivity index (χ4n) is 2.83. The molecule has 106 valence electrons. The van der Waals surface area contributed by atoms with Gasteiger partial charge in [-0.15, -0.1) is 0 Å². The van der Waals surface area contributed by atoms with Gasteiger partial charge < -0.3 is 11.1 Å². The summed E-state index contributed by atoms with van der Waals surface area (Å²) in [5.74, 6) is 1.46. The van der Waals surface area contributed by atoms with Crippen molar-refractivity contribution in [2.45, 2.75) is 77.8 Å². The smallest absolute Gasteiger partial charge is 0.220 e. The van der Waals surface area contributed by atoms with Gasteiger partial charge in [-0.1, -0.05) is 20.8 Å². The molecule has 1 saturated carbocycles. The maximum absolute atomic E-state index is 11.9. The molecule has 0 heterocycles. The molecule has 0 aromatic carbocycles. The summed E-state index contributed by atoms with van der Waals surface area (Å²) in [5.41, 5.74) is 5.89. The van der Waals surface area contributed by atoms with E-state index in [1.165, 1.54) is 12.8 Å². The number of hydrogen-bond acceptors (Lipinski definition) is 2. The highest BCUT2D eigenvalue weighted by Gasteiger charge is 2.20. The van der Waals surface area contributed by atoms with Crippen molar-refractivity contribution in [2.24, 2.45) is 17.6 Å². The topological polar surface area (TPSA) is 55.1 Å². The van der Waals surface area contributed by atoms with Crippen LogP contribution in [0, 0.1) is 11.8 Å². The molecule has 3 nitrogen and oxygen atoms in total. The van der Waals surface area contributed by atoms with E-state index in [4.69, 9.17) is 5.73 Å². The Balaban J connectivity index is 2.20. The summed E-state index contributed by atoms with van der Waals surface area (Å²) in [6, 6.07) is 0.734. The Kier molecular flexibility index (Phi) is 6.69. The summed E-state index contributed by atoms with van der Waals surface area (Å²) in [6.07, 6.45) is 7.41. The van der Waals surface area contributed by atoms with E-state index < -0.39 is 0 Å². The van der Waals surface area contributed by atoms with Gasteiger partial charge in [0.15, 0.2) is 0 Å². The first-order valence-electron chi connectivity index (χ1n) is 7.57. The second kappa shape index (κ2) is 7.78. The van der Waals surface area contributed by atoms with Gasteiger partial charge in [-0.3, -0.25) is 4.79 Å². The van der Waals surface area contributed by atoms with Crippen LogP contribution in [0.2, 0.25) is 0 Å². The van der Waals surface area contributed by atoms with Crippen LogP contribution < -0.4 is 11.1 Å². The molecule has 0 radical (unpaired) electrons. The standard InChI is InChI=1S/C15H30N2O/c1-4-14(11(2)3)17-15(18)10-7-12-5-8-13(16)9-6-12/h11-14H,4-10,16H2,1-3H3,(H,17,18). The summed E-state index contributed by atoms with van der Waals surface area (Å²) >= 11 is 0. The van der Waals surface area contributed by atoms with Crippen molar-refractivity contribution in [2.75, 3.05) is 0 Å². The second-order valence-electron chi connectivity index (χ2n) is 6.15. The van der Waals surface area contributed by atoms with Crippen LogP contribution in [0.15, 0.2) is 0 Å². The van der Waals surface area contributed by atoms with Gasteiger partial charge in [0.1, 0.15) is 0 Å². The Morgan fingerprint density at radius 1 is 1.28 bits per heavy atom. The van der Waals surface area contributed by atoms with Crippen molar-refractivity contribution >= 4 is 5.91 Å². The summed E-state index contributed by atoms with van der Waals surface area (Å²) in [6.45, 7) is 6.46. The molecular weight excluding hydrogens is 224 g/mol. The zero-order valence-electron chi connectivity index (χ0n) is 12.2. The van der Waals surface area contributed by atoms with Crippen molar-refractivity contribution in [3.05, 3.63) is 0 Å². The Morgan fingerprint density at radius 3 is 2.39 bits per heavy atom. The quantitative estimate of drug-likeness (QED) is 0.766. The minimum absolute atomic E-state index is 0.227. The van der Waals surface area contributed by atoms with Crippen molar-refractivity contribution in [1.29, 1.82) is 0 Å². The van der Waals surface area contributed by atoms with Gasteiger partial charge in [0.2, 0.25) is 5.91 Å². The van der Waals surface area contributed by atoms with Crippen LogP contribution in [0.5, 0.6) is 0 Å². The molecule has 0 spiro atoms. The lowest BCUT2D eigenvalue weighted by molar-refractivity contribution is -0.122. The minimum Gasteiger partial charge on any atom is -0.353 e. The number of rotatable bonds is 6. The molecule has 18 heavy (non-hydrogen) atoms. The average molecular weight is 254 g/mol. The van der Waals surface area contributed by atoms with Crippen LogP contribution in [0.25, 0.3) is 0 Å². The number of carbonyl (C=O) groups excluding carboxylic acids is 1. The largest absolute Gasteiger partial charge is 0.353 e. The van der Waals surface area contributed by atoms with E-state index in [0.29, 0.717) is 24.4 Å². The number of carbonyl (C=O) groups is 1. The normalized spacial score (nSPS) is 26.1. The molecule has 1 aliphatic carbocycles. The van der Waals surface area contributed by atoms with Crippen molar-refractivity contribution in [1.82, 2.24) is 5.32 Å². The first-order valence-corrected chi connectivity index (χ1v) is 7.57. The predicted octanol–water partition coefficient (Wildman–Crippen LogP) is 2.83. The molecule has 1 fully saturated rings. The Bertz CT molecular complexity index is 245. The molecule has 0 aromatic heterocycles. The Labute approximate surface area is 112 Å². The second-order valence-corrected chi connectivity index (χ2v) is 6.15. The number of hydrogen-bond donors (Lipinski definition) is 2. The first-order chi connectivity index (χ1) is 8.52. The third-order valence-electron chi connectivity index (χ3n) is 4.26. The van der Waals surface area contributed by atoms with E-state index >= 15 is 0 Å². The SMILES string of the molecule is CCC(NC(=O)CCC1CCC(N)CC1)C(C)C. The number of amides is 1. The highest BCUT2D eigenvalue weighted by molar-refractivity contribution is 5.76. The van der Waals surface area contributed by atoms with Gasteiger partial charge >= 0.3 is 0 Å². The Hall–Kier alpha value is -0.570. The molecule has 1 unspecified atom stereocenters. The molecule has 0 saturated heterocycles. The molecular formula is C15H30N2O. The maximum Gasteiger partial charge on any atom is 0.220 e. The van der Waals surface area contributed by atoms with Crippen molar-refractivity contribution in [3.63, 3.8) is 0 Å². The van der Waals surface area contributed by atoms with Crippen LogP contribution in [-0.4, -0.2) is 18.0 Å². The fraction of sp³-hybridized carbons (Fsp3) is 0.933. The average Bonchev–Trinajstić information content (AvgIpc) is 2.35. The lowest BCUT2D eigenvalue weighted by atomic mass is 9.84. The first kappa shape index (κ1) is 15.5. The lowest BCUT2D eigenvalue weighted by Gasteiger charge is -2.26. The molecule has 1 amide bonds. The lowest BCUT2D eigenvalue weighted by Crippen LogP contribution is -2.38. The minimum atomic E-state index is 0.227. The van der Waals surface area contributed by atoms with Gasteiger partial charge in [0.05, 0.1) is 0 Å². The Morgan fingerprint density at radius 2 is 1.89 bits per heavy atom.